The number of carbonyl (C=O) groups is 1. The fourth-order valence-electron chi connectivity index (χ4n) is 3.17. The Balaban J connectivity index is 0.00000261. The van der Waals surface area contributed by atoms with Crippen LogP contribution in [0.4, 0.5) is 13.2 Å². The Hall–Kier alpha value is -1.77. The van der Waals surface area contributed by atoms with Crippen LogP contribution in [0.2, 0.25) is 0 Å². The molecule has 2 aromatic rings. The average molecular weight is 421 g/mol. The minimum Gasteiger partial charge on any atom is -0.406 e. The SMILES string of the molecule is CC1CC(CN)CN1C(=O)c1ccc(-c2ccc(OC(F)(F)F)cc2)s1.Cl. The second-order valence-corrected chi connectivity index (χ2v) is 7.46. The number of ether oxygens (including phenoxy) is 1. The van der Waals surface area contributed by atoms with Crippen molar-refractivity contribution in [3.8, 4) is 16.2 Å². The van der Waals surface area contributed by atoms with Crippen LogP contribution < -0.4 is 10.5 Å². The molecule has 27 heavy (non-hydrogen) atoms. The molecule has 1 fully saturated rings. The number of rotatable bonds is 4. The van der Waals surface area contributed by atoms with E-state index in [9.17, 15) is 18.0 Å². The molecule has 9 heteroatoms. The monoisotopic (exact) mass is 420 g/mol. The van der Waals surface area contributed by atoms with E-state index in [0.717, 1.165) is 16.9 Å². The van der Waals surface area contributed by atoms with Crippen molar-refractivity contribution in [1.82, 2.24) is 4.90 Å². The third kappa shape index (κ3) is 5.15. The van der Waals surface area contributed by atoms with Crippen molar-refractivity contribution >= 4 is 29.7 Å². The maximum absolute atomic E-state index is 12.7. The highest BCUT2D eigenvalue weighted by molar-refractivity contribution is 7.17. The van der Waals surface area contributed by atoms with Gasteiger partial charge in [0, 0.05) is 17.5 Å². The molecule has 2 atom stereocenters. The standard InChI is InChI=1S/C18H19F3N2O2S.ClH/c1-11-8-12(9-22)10-23(11)17(24)16-7-6-15(26-16)13-2-4-14(5-3-13)25-18(19,20)21;/h2-7,11-12H,8-10,22H2,1H3;1H. The predicted octanol–water partition coefficient (Wildman–Crippen LogP) is 4.54. The van der Waals surface area contributed by atoms with Crippen molar-refractivity contribution in [3.63, 3.8) is 0 Å². The Morgan fingerprint density at radius 2 is 1.93 bits per heavy atom. The van der Waals surface area contributed by atoms with Crippen molar-refractivity contribution in [2.24, 2.45) is 11.7 Å². The summed E-state index contributed by atoms with van der Waals surface area (Å²) in [6.07, 6.45) is -3.81. The highest BCUT2D eigenvalue weighted by Crippen LogP contribution is 2.33. The second kappa shape index (κ2) is 8.50. The maximum atomic E-state index is 12.7. The van der Waals surface area contributed by atoms with Crippen LogP contribution in [0.5, 0.6) is 5.75 Å². The third-order valence-corrected chi connectivity index (χ3v) is 5.57. The molecule has 1 aliphatic rings. The summed E-state index contributed by atoms with van der Waals surface area (Å²) >= 11 is 1.33. The third-order valence-electron chi connectivity index (χ3n) is 4.44. The molecular weight excluding hydrogens is 401 g/mol. The zero-order chi connectivity index (χ0) is 18.9. The van der Waals surface area contributed by atoms with Crippen molar-refractivity contribution in [3.05, 3.63) is 41.3 Å². The van der Waals surface area contributed by atoms with Gasteiger partial charge in [-0.05, 0) is 67.8 Å². The van der Waals surface area contributed by atoms with Crippen LogP contribution in [0.15, 0.2) is 36.4 Å². The van der Waals surface area contributed by atoms with Gasteiger partial charge in [0.15, 0.2) is 0 Å². The van der Waals surface area contributed by atoms with E-state index in [0.29, 0.717) is 23.9 Å². The van der Waals surface area contributed by atoms with E-state index in [2.05, 4.69) is 4.74 Å². The van der Waals surface area contributed by atoms with Crippen LogP contribution in [-0.2, 0) is 0 Å². The van der Waals surface area contributed by atoms with Gasteiger partial charge in [-0.3, -0.25) is 4.79 Å². The number of nitrogens with two attached hydrogens (primary N) is 1. The molecule has 1 saturated heterocycles. The highest BCUT2D eigenvalue weighted by atomic mass is 35.5. The molecule has 2 heterocycles. The van der Waals surface area contributed by atoms with E-state index in [1.165, 1.54) is 23.5 Å². The lowest BCUT2D eigenvalue weighted by atomic mass is 10.1. The lowest BCUT2D eigenvalue weighted by Gasteiger charge is -2.20. The molecule has 2 N–H and O–H groups in total. The molecule has 1 aromatic carbocycles. The zero-order valence-corrected chi connectivity index (χ0v) is 16.2. The fraction of sp³-hybridized carbons (Fsp3) is 0.389. The number of hydrogen-bond donors (Lipinski definition) is 1. The molecule has 148 valence electrons. The minimum atomic E-state index is -4.71. The number of nitrogens with zero attached hydrogens (tertiary/aromatic N) is 1. The van der Waals surface area contributed by atoms with Crippen molar-refractivity contribution < 1.29 is 22.7 Å². The average Bonchev–Trinajstić information content (AvgIpc) is 3.20. The molecule has 1 aliphatic heterocycles. The molecule has 3 rings (SSSR count). The van der Waals surface area contributed by atoms with Gasteiger partial charge in [0.1, 0.15) is 5.75 Å². The smallest absolute Gasteiger partial charge is 0.406 e. The summed E-state index contributed by atoms with van der Waals surface area (Å²) in [6, 6.07) is 9.33. The summed E-state index contributed by atoms with van der Waals surface area (Å²) < 4.78 is 40.5. The Labute approximate surface area is 165 Å². The topological polar surface area (TPSA) is 55.6 Å². The summed E-state index contributed by atoms with van der Waals surface area (Å²) in [7, 11) is 0. The number of benzene rings is 1. The maximum Gasteiger partial charge on any atom is 0.573 e. The van der Waals surface area contributed by atoms with Gasteiger partial charge in [-0.15, -0.1) is 36.9 Å². The number of halogens is 4. The van der Waals surface area contributed by atoms with Crippen LogP contribution >= 0.6 is 23.7 Å². The zero-order valence-electron chi connectivity index (χ0n) is 14.5. The summed E-state index contributed by atoms with van der Waals surface area (Å²) in [5.74, 6) is 0.0316. The molecule has 0 saturated carbocycles. The molecule has 4 nitrogen and oxygen atoms in total. The summed E-state index contributed by atoms with van der Waals surface area (Å²) in [6.45, 7) is 3.24. The summed E-state index contributed by atoms with van der Waals surface area (Å²) in [4.78, 5) is 16.0. The number of amides is 1. The Kier molecular flexibility index (Phi) is 6.77. The van der Waals surface area contributed by atoms with Gasteiger partial charge in [0.05, 0.1) is 4.88 Å². The Morgan fingerprint density at radius 1 is 1.26 bits per heavy atom. The quantitative estimate of drug-likeness (QED) is 0.789. The number of likely N-dealkylation sites (tertiary alicyclic amines) is 1. The van der Waals surface area contributed by atoms with E-state index in [-0.39, 0.29) is 30.1 Å². The lowest BCUT2D eigenvalue weighted by molar-refractivity contribution is -0.274. The first kappa shape index (κ1) is 21.5. The second-order valence-electron chi connectivity index (χ2n) is 6.38. The minimum absolute atomic E-state index is 0. The largest absolute Gasteiger partial charge is 0.573 e. The lowest BCUT2D eigenvalue weighted by Crippen LogP contribution is -2.33. The number of thiophene rings is 1. The van der Waals surface area contributed by atoms with Gasteiger partial charge in [-0.2, -0.15) is 0 Å². The Bertz CT molecular complexity index is 780. The van der Waals surface area contributed by atoms with Crippen LogP contribution in [0, 0.1) is 5.92 Å². The van der Waals surface area contributed by atoms with Crippen LogP contribution in [-0.4, -0.2) is 36.3 Å². The molecule has 0 aliphatic carbocycles. The van der Waals surface area contributed by atoms with Gasteiger partial charge in [-0.25, -0.2) is 0 Å². The number of hydrogen-bond acceptors (Lipinski definition) is 4. The van der Waals surface area contributed by atoms with E-state index in [1.807, 2.05) is 11.8 Å². The molecule has 2 unspecified atom stereocenters. The molecule has 0 spiro atoms. The molecule has 1 amide bonds. The van der Waals surface area contributed by atoms with Crippen molar-refractivity contribution in [1.29, 1.82) is 0 Å². The van der Waals surface area contributed by atoms with Gasteiger partial charge in [0.2, 0.25) is 0 Å². The normalized spacial score (nSPS) is 19.7. The van der Waals surface area contributed by atoms with Gasteiger partial charge in [-0.1, -0.05) is 0 Å². The molecule has 0 bridgehead atoms. The number of alkyl halides is 3. The molecular formula is C18H20ClF3N2O2S. The van der Waals surface area contributed by atoms with E-state index >= 15 is 0 Å². The van der Waals surface area contributed by atoms with Gasteiger partial charge >= 0.3 is 6.36 Å². The van der Waals surface area contributed by atoms with Crippen molar-refractivity contribution in [2.45, 2.75) is 25.7 Å². The molecule has 1 aromatic heterocycles. The highest BCUT2D eigenvalue weighted by Gasteiger charge is 2.33. The van der Waals surface area contributed by atoms with Crippen LogP contribution in [0.25, 0.3) is 10.4 Å². The van der Waals surface area contributed by atoms with E-state index < -0.39 is 6.36 Å². The van der Waals surface area contributed by atoms with Crippen LogP contribution in [0.3, 0.4) is 0 Å². The Morgan fingerprint density at radius 3 is 2.48 bits per heavy atom. The first-order valence-electron chi connectivity index (χ1n) is 8.24. The number of carbonyl (C=O) groups excluding carboxylic acids is 1. The fourth-order valence-corrected chi connectivity index (χ4v) is 4.13. The predicted molar refractivity (Wildman–Crippen MR) is 101 cm³/mol. The first-order chi connectivity index (χ1) is 12.3. The summed E-state index contributed by atoms with van der Waals surface area (Å²) in [5, 5.41) is 0. The molecule has 0 radical (unpaired) electrons. The van der Waals surface area contributed by atoms with Crippen LogP contribution in [0.1, 0.15) is 23.0 Å². The first-order valence-corrected chi connectivity index (χ1v) is 9.05. The summed E-state index contributed by atoms with van der Waals surface area (Å²) in [5.41, 5.74) is 6.45. The van der Waals surface area contributed by atoms with E-state index in [4.69, 9.17) is 5.73 Å². The van der Waals surface area contributed by atoms with E-state index in [1.54, 1.807) is 24.3 Å². The van der Waals surface area contributed by atoms with Gasteiger partial charge in [0.25, 0.3) is 5.91 Å². The van der Waals surface area contributed by atoms with Gasteiger partial charge < -0.3 is 15.4 Å². The van der Waals surface area contributed by atoms with Crippen molar-refractivity contribution in [2.75, 3.05) is 13.1 Å².